The van der Waals surface area contributed by atoms with E-state index in [1.165, 1.54) is 11.8 Å². The summed E-state index contributed by atoms with van der Waals surface area (Å²) in [7, 11) is 0. The zero-order chi connectivity index (χ0) is 7.72. The molecule has 1 aliphatic rings. The molecule has 56 valence electrons. The molecule has 0 saturated carbocycles. The van der Waals surface area contributed by atoms with E-state index < -0.39 is 0 Å². The van der Waals surface area contributed by atoms with E-state index in [-0.39, 0.29) is 11.2 Å². The predicted molar refractivity (Wildman–Crippen MR) is 42.8 cm³/mol. The first-order valence-corrected chi connectivity index (χ1v) is 4.04. The van der Waals surface area contributed by atoms with Crippen molar-refractivity contribution in [3.05, 3.63) is 0 Å². The van der Waals surface area contributed by atoms with Crippen molar-refractivity contribution in [3.63, 3.8) is 0 Å². The lowest BCUT2D eigenvalue weighted by molar-refractivity contribution is -0.117. The number of thioether (sulfide) groups is 1. The van der Waals surface area contributed by atoms with E-state index in [4.69, 9.17) is 5.73 Å². The lowest BCUT2D eigenvalue weighted by Gasteiger charge is -2.08. The number of hydrogen-bond acceptors (Lipinski definition) is 3. The second-order valence-corrected chi connectivity index (χ2v) is 3.73. The molecule has 1 aliphatic heterocycles. The first-order valence-electron chi connectivity index (χ1n) is 3.16. The van der Waals surface area contributed by atoms with Gasteiger partial charge in [-0.15, -0.1) is 0 Å². The van der Waals surface area contributed by atoms with Crippen LogP contribution in [0.5, 0.6) is 0 Å². The standard InChI is InChI=1S/C6H10N2OS/c1-3(2)4-5(9)8-6(7)10-4/h3-4H,1-2H3,(H2,7,8,9)/t4-/m0/s1. The fraction of sp³-hybridized carbons (Fsp3) is 0.667. The summed E-state index contributed by atoms with van der Waals surface area (Å²) in [6.45, 7) is 3.98. The molecule has 2 N–H and O–H groups in total. The van der Waals surface area contributed by atoms with Gasteiger partial charge < -0.3 is 5.73 Å². The van der Waals surface area contributed by atoms with Crippen molar-refractivity contribution in [2.24, 2.45) is 16.6 Å². The number of nitrogens with two attached hydrogens (primary N) is 1. The molecule has 0 bridgehead atoms. The first kappa shape index (κ1) is 7.60. The highest BCUT2D eigenvalue weighted by Gasteiger charge is 2.29. The van der Waals surface area contributed by atoms with E-state index in [1.54, 1.807) is 0 Å². The van der Waals surface area contributed by atoms with Crippen LogP contribution in [0.4, 0.5) is 0 Å². The first-order chi connectivity index (χ1) is 4.61. The molecule has 0 fully saturated rings. The molecular formula is C6H10N2OS. The number of carbonyl (C=O) groups excluding carboxylic acids is 1. The van der Waals surface area contributed by atoms with Gasteiger partial charge in [-0.25, -0.2) is 0 Å². The molecule has 0 spiro atoms. The number of aliphatic imine (C=N–C) groups is 1. The van der Waals surface area contributed by atoms with E-state index in [9.17, 15) is 4.79 Å². The fourth-order valence-corrected chi connectivity index (χ4v) is 1.63. The molecule has 0 unspecified atom stereocenters. The maximum Gasteiger partial charge on any atom is 0.261 e. The topological polar surface area (TPSA) is 55.4 Å². The van der Waals surface area contributed by atoms with Crippen molar-refractivity contribution in [2.75, 3.05) is 0 Å². The third kappa shape index (κ3) is 1.31. The van der Waals surface area contributed by atoms with Crippen LogP contribution >= 0.6 is 11.8 Å². The Kier molecular flexibility index (Phi) is 1.99. The van der Waals surface area contributed by atoms with Crippen LogP contribution in [0, 0.1) is 5.92 Å². The van der Waals surface area contributed by atoms with Gasteiger partial charge in [0.05, 0.1) is 5.25 Å². The molecule has 1 amide bonds. The summed E-state index contributed by atoms with van der Waals surface area (Å²) in [5.41, 5.74) is 5.35. The molecule has 1 heterocycles. The van der Waals surface area contributed by atoms with Gasteiger partial charge in [-0.05, 0) is 5.92 Å². The SMILES string of the molecule is CC(C)[C@@H]1SC(N)=NC1=O. The number of nitrogens with zero attached hydrogens (tertiary/aromatic N) is 1. The number of amides is 1. The quantitative estimate of drug-likeness (QED) is 0.608. The highest BCUT2D eigenvalue weighted by Crippen LogP contribution is 2.25. The minimum Gasteiger partial charge on any atom is -0.378 e. The van der Waals surface area contributed by atoms with Gasteiger partial charge in [0.1, 0.15) is 0 Å². The molecule has 0 aromatic carbocycles. The Bertz CT molecular complexity index is 188. The largest absolute Gasteiger partial charge is 0.378 e. The third-order valence-corrected chi connectivity index (χ3v) is 2.65. The zero-order valence-corrected chi connectivity index (χ0v) is 6.81. The van der Waals surface area contributed by atoms with Crippen LogP contribution in [0.15, 0.2) is 4.99 Å². The highest BCUT2D eigenvalue weighted by molar-refractivity contribution is 8.15. The van der Waals surface area contributed by atoms with Crippen molar-refractivity contribution in [1.82, 2.24) is 0 Å². The van der Waals surface area contributed by atoms with Crippen LogP contribution < -0.4 is 5.73 Å². The molecule has 1 atom stereocenters. The average Bonchev–Trinajstić information content (AvgIpc) is 2.10. The number of carbonyl (C=O) groups is 1. The summed E-state index contributed by atoms with van der Waals surface area (Å²) in [6.07, 6.45) is 0. The zero-order valence-electron chi connectivity index (χ0n) is 6.00. The molecule has 10 heavy (non-hydrogen) atoms. The summed E-state index contributed by atoms with van der Waals surface area (Å²) >= 11 is 1.36. The molecule has 0 radical (unpaired) electrons. The van der Waals surface area contributed by atoms with E-state index in [2.05, 4.69) is 4.99 Å². The van der Waals surface area contributed by atoms with Gasteiger partial charge in [-0.2, -0.15) is 4.99 Å². The second-order valence-electron chi connectivity index (χ2n) is 2.57. The van der Waals surface area contributed by atoms with Gasteiger partial charge in [-0.3, -0.25) is 4.79 Å². The number of amidine groups is 1. The molecule has 0 aromatic rings. The second kappa shape index (κ2) is 2.62. The Morgan fingerprint density at radius 1 is 1.70 bits per heavy atom. The minimum atomic E-state index is -0.0856. The molecule has 0 saturated heterocycles. The Balaban J connectivity index is 2.64. The van der Waals surface area contributed by atoms with E-state index >= 15 is 0 Å². The van der Waals surface area contributed by atoms with E-state index in [1.807, 2.05) is 13.8 Å². The summed E-state index contributed by atoms with van der Waals surface area (Å²) in [5.74, 6) is 0.236. The number of rotatable bonds is 1. The molecule has 1 rings (SSSR count). The molecule has 0 aromatic heterocycles. The maximum absolute atomic E-state index is 10.9. The van der Waals surface area contributed by atoms with E-state index in [0.717, 1.165) is 0 Å². The molecule has 3 nitrogen and oxygen atoms in total. The summed E-state index contributed by atoms with van der Waals surface area (Å²) in [5, 5.41) is 0.365. The van der Waals surface area contributed by atoms with Crippen molar-refractivity contribution in [1.29, 1.82) is 0 Å². The molecular weight excluding hydrogens is 148 g/mol. The number of hydrogen-bond donors (Lipinski definition) is 1. The lowest BCUT2D eigenvalue weighted by Crippen LogP contribution is -2.17. The van der Waals surface area contributed by atoms with Gasteiger partial charge in [-0.1, -0.05) is 25.6 Å². The molecule has 4 heteroatoms. The minimum absolute atomic E-state index is 0.0417. The average molecular weight is 158 g/mol. The normalized spacial score (nSPS) is 25.7. The van der Waals surface area contributed by atoms with Crippen molar-refractivity contribution < 1.29 is 4.79 Å². The maximum atomic E-state index is 10.9. The Morgan fingerprint density at radius 2 is 2.30 bits per heavy atom. The van der Waals surface area contributed by atoms with Gasteiger partial charge in [0.2, 0.25) is 0 Å². The lowest BCUT2D eigenvalue weighted by atomic mass is 10.1. The van der Waals surface area contributed by atoms with Gasteiger partial charge in [0, 0.05) is 0 Å². The van der Waals surface area contributed by atoms with Crippen LogP contribution in [0.2, 0.25) is 0 Å². The van der Waals surface area contributed by atoms with E-state index in [0.29, 0.717) is 11.1 Å². The van der Waals surface area contributed by atoms with Crippen molar-refractivity contribution >= 4 is 22.8 Å². The summed E-state index contributed by atoms with van der Waals surface area (Å²) < 4.78 is 0. The predicted octanol–water partition coefficient (Wildman–Crippen LogP) is 0.599. The summed E-state index contributed by atoms with van der Waals surface area (Å²) in [6, 6.07) is 0. The Morgan fingerprint density at radius 3 is 2.50 bits per heavy atom. The van der Waals surface area contributed by atoms with Gasteiger partial charge in [0.15, 0.2) is 5.17 Å². The highest BCUT2D eigenvalue weighted by atomic mass is 32.2. The van der Waals surface area contributed by atoms with Crippen LogP contribution in [0.1, 0.15) is 13.8 Å². The third-order valence-electron chi connectivity index (χ3n) is 1.32. The fourth-order valence-electron chi connectivity index (χ4n) is 0.800. The van der Waals surface area contributed by atoms with Crippen molar-refractivity contribution in [3.8, 4) is 0 Å². The van der Waals surface area contributed by atoms with Crippen LogP contribution in [-0.4, -0.2) is 16.3 Å². The smallest absolute Gasteiger partial charge is 0.261 e. The van der Waals surface area contributed by atoms with Crippen molar-refractivity contribution in [2.45, 2.75) is 19.1 Å². The monoisotopic (exact) mass is 158 g/mol. The Labute approximate surface area is 64.1 Å². The van der Waals surface area contributed by atoms with Gasteiger partial charge >= 0.3 is 0 Å². The van der Waals surface area contributed by atoms with Gasteiger partial charge in [0.25, 0.3) is 5.91 Å². The van der Waals surface area contributed by atoms with Crippen LogP contribution in [0.3, 0.4) is 0 Å². The summed E-state index contributed by atoms with van der Waals surface area (Å²) in [4.78, 5) is 14.5. The van der Waals surface area contributed by atoms with Crippen LogP contribution in [0.25, 0.3) is 0 Å². The Hall–Kier alpha value is -0.510. The van der Waals surface area contributed by atoms with Crippen LogP contribution in [-0.2, 0) is 4.79 Å². The molecule has 0 aliphatic carbocycles.